The molecule has 25 heavy (non-hydrogen) atoms. The molecule has 2 atom stereocenters. The van der Waals surface area contributed by atoms with E-state index in [1.807, 2.05) is 18.2 Å². The van der Waals surface area contributed by atoms with Gasteiger partial charge in [-0.1, -0.05) is 79.4 Å². The minimum absolute atomic E-state index is 0.188. The topological polar surface area (TPSA) is 17.1 Å². The van der Waals surface area contributed by atoms with Crippen molar-refractivity contribution in [3.8, 4) is 0 Å². The molecule has 0 spiro atoms. The van der Waals surface area contributed by atoms with E-state index in [-0.39, 0.29) is 5.92 Å². The van der Waals surface area contributed by atoms with Crippen molar-refractivity contribution in [2.75, 3.05) is 0 Å². The Balaban J connectivity index is 1.85. The highest BCUT2D eigenvalue weighted by Gasteiger charge is 2.48. The summed E-state index contributed by atoms with van der Waals surface area (Å²) in [6.07, 6.45) is 1.52. The number of benzene rings is 3. The molecule has 1 nitrogen and oxygen atoms in total. The van der Waals surface area contributed by atoms with Gasteiger partial charge in [0.25, 0.3) is 0 Å². The zero-order valence-corrected chi connectivity index (χ0v) is 14.5. The Kier molecular flexibility index (Phi) is 3.80. The second-order valence-corrected chi connectivity index (χ2v) is 7.13. The zero-order chi connectivity index (χ0) is 17.4. The molecule has 4 rings (SSSR count). The van der Waals surface area contributed by atoms with E-state index in [1.54, 1.807) is 0 Å². The first-order valence-corrected chi connectivity index (χ1v) is 8.88. The highest BCUT2D eigenvalue weighted by Crippen LogP contribution is 2.54. The molecular formula is C24H22O. The van der Waals surface area contributed by atoms with Crippen LogP contribution < -0.4 is 0 Å². The van der Waals surface area contributed by atoms with Gasteiger partial charge in [0.05, 0.1) is 5.41 Å². The van der Waals surface area contributed by atoms with E-state index in [0.29, 0.717) is 12.2 Å². The molecule has 0 aromatic heterocycles. The predicted molar refractivity (Wildman–Crippen MR) is 105 cm³/mol. The number of carbonyl (C=O) groups is 1. The summed E-state index contributed by atoms with van der Waals surface area (Å²) in [5.41, 5.74) is 2.72. The van der Waals surface area contributed by atoms with Crippen molar-refractivity contribution in [2.24, 2.45) is 5.41 Å². The molecule has 1 heteroatoms. The molecule has 1 aliphatic carbocycles. The maximum Gasteiger partial charge on any atom is 0.143 e. The molecule has 3 aromatic rings. The van der Waals surface area contributed by atoms with Crippen molar-refractivity contribution in [2.45, 2.75) is 25.7 Å². The van der Waals surface area contributed by atoms with E-state index >= 15 is 0 Å². The highest BCUT2D eigenvalue weighted by molar-refractivity contribution is 6.04. The number of carbonyl (C=O) groups excluding carboxylic acids is 1. The molecule has 124 valence electrons. The Labute approximate surface area is 149 Å². The Hall–Kier alpha value is -2.67. The van der Waals surface area contributed by atoms with Crippen LogP contribution in [0, 0.1) is 5.41 Å². The second-order valence-electron chi connectivity index (χ2n) is 7.13. The molecule has 0 heterocycles. The van der Waals surface area contributed by atoms with Crippen molar-refractivity contribution in [3.63, 3.8) is 0 Å². The van der Waals surface area contributed by atoms with Gasteiger partial charge in [0.15, 0.2) is 0 Å². The fourth-order valence-electron chi connectivity index (χ4n) is 4.35. The van der Waals surface area contributed by atoms with Gasteiger partial charge < -0.3 is 0 Å². The largest absolute Gasteiger partial charge is 0.299 e. The number of allylic oxidation sites excluding steroid dienone is 1. The van der Waals surface area contributed by atoms with Crippen molar-refractivity contribution in [1.29, 1.82) is 0 Å². The fourth-order valence-corrected chi connectivity index (χ4v) is 4.35. The van der Waals surface area contributed by atoms with Crippen molar-refractivity contribution < 1.29 is 4.79 Å². The van der Waals surface area contributed by atoms with Crippen LogP contribution in [0.4, 0.5) is 0 Å². The normalized spacial score (nSPS) is 23.1. The SMILES string of the molecule is C=C(c1cccc2ccccc12)[C@]1(C)C(=O)CC[C@@H]1c1ccccc1. The Morgan fingerprint density at radius 1 is 0.960 bits per heavy atom. The van der Waals surface area contributed by atoms with Gasteiger partial charge in [-0.25, -0.2) is 0 Å². The average molecular weight is 326 g/mol. The van der Waals surface area contributed by atoms with E-state index in [1.165, 1.54) is 16.3 Å². The van der Waals surface area contributed by atoms with Crippen LogP contribution in [0.15, 0.2) is 79.4 Å². The van der Waals surface area contributed by atoms with Crippen molar-refractivity contribution >= 4 is 22.1 Å². The number of hydrogen-bond donors (Lipinski definition) is 0. The summed E-state index contributed by atoms with van der Waals surface area (Å²) in [6, 6.07) is 25.0. The third-order valence-corrected chi connectivity index (χ3v) is 5.88. The van der Waals surface area contributed by atoms with Gasteiger partial charge in [-0.2, -0.15) is 0 Å². The first-order valence-electron chi connectivity index (χ1n) is 8.88. The summed E-state index contributed by atoms with van der Waals surface area (Å²) in [6.45, 7) is 6.52. The van der Waals surface area contributed by atoms with Gasteiger partial charge in [-0.05, 0) is 40.8 Å². The van der Waals surface area contributed by atoms with Gasteiger partial charge in [-0.3, -0.25) is 4.79 Å². The molecule has 1 fully saturated rings. The molecular weight excluding hydrogens is 304 g/mol. The van der Waals surface area contributed by atoms with Crippen LogP contribution in [0.25, 0.3) is 16.3 Å². The minimum atomic E-state index is -0.550. The van der Waals surface area contributed by atoms with Crippen LogP contribution in [0.3, 0.4) is 0 Å². The Bertz CT molecular complexity index is 949. The first-order chi connectivity index (χ1) is 12.1. The van der Waals surface area contributed by atoms with Crippen molar-refractivity contribution in [3.05, 3.63) is 90.5 Å². The van der Waals surface area contributed by atoms with Crippen LogP contribution >= 0.6 is 0 Å². The highest BCUT2D eigenvalue weighted by atomic mass is 16.1. The molecule has 1 saturated carbocycles. The monoisotopic (exact) mass is 326 g/mol. The summed E-state index contributed by atoms with van der Waals surface area (Å²) >= 11 is 0. The van der Waals surface area contributed by atoms with Crippen LogP contribution in [0.1, 0.15) is 36.8 Å². The van der Waals surface area contributed by atoms with Crippen LogP contribution in [-0.2, 0) is 4.79 Å². The minimum Gasteiger partial charge on any atom is -0.299 e. The number of hydrogen-bond acceptors (Lipinski definition) is 1. The van der Waals surface area contributed by atoms with Gasteiger partial charge in [-0.15, -0.1) is 0 Å². The lowest BCUT2D eigenvalue weighted by Crippen LogP contribution is -2.29. The fraction of sp³-hybridized carbons (Fsp3) is 0.208. The molecule has 3 aromatic carbocycles. The summed E-state index contributed by atoms with van der Waals surface area (Å²) in [4.78, 5) is 13.0. The number of Topliss-reactive ketones (excluding diaryl/α,β-unsaturated/α-hetero) is 1. The third kappa shape index (κ3) is 2.42. The quantitative estimate of drug-likeness (QED) is 0.576. The lowest BCUT2D eigenvalue weighted by atomic mass is 9.68. The van der Waals surface area contributed by atoms with Gasteiger partial charge in [0.2, 0.25) is 0 Å². The molecule has 0 amide bonds. The number of rotatable bonds is 3. The van der Waals surface area contributed by atoms with E-state index < -0.39 is 5.41 Å². The number of fused-ring (bicyclic) bond motifs is 1. The van der Waals surface area contributed by atoms with Gasteiger partial charge in [0, 0.05) is 12.3 Å². The standard InChI is InChI=1S/C24H22O/c1-17(20-14-8-12-18-9-6-7-13-21(18)20)24(2)22(15-16-23(24)25)19-10-4-3-5-11-19/h3-14,22H,1,15-16H2,2H3/t22-,24+/m1/s1. The molecule has 0 saturated heterocycles. The second kappa shape index (κ2) is 6.00. The Morgan fingerprint density at radius 3 is 2.44 bits per heavy atom. The maximum absolute atomic E-state index is 13.0. The summed E-state index contributed by atoms with van der Waals surface area (Å²) in [5, 5.41) is 2.36. The lowest BCUT2D eigenvalue weighted by molar-refractivity contribution is -0.122. The summed E-state index contributed by atoms with van der Waals surface area (Å²) in [5.74, 6) is 0.493. The van der Waals surface area contributed by atoms with E-state index in [9.17, 15) is 4.79 Å². The molecule has 1 aliphatic rings. The molecule has 0 unspecified atom stereocenters. The molecule has 0 bridgehead atoms. The smallest absolute Gasteiger partial charge is 0.143 e. The van der Waals surface area contributed by atoms with E-state index in [4.69, 9.17) is 0 Å². The lowest BCUT2D eigenvalue weighted by Gasteiger charge is -2.33. The maximum atomic E-state index is 13.0. The van der Waals surface area contributed by atoms with Crippen LogP contribution in [-0.4, -0.2) is 5.78 Å². The van der Waals surface area contributed by atoms with Crippen LogP contribution in [0.5, 0.6) is 0 Å². The van der Waals surface area contributed by atoms with Crippen LogP contribution in [0.2, 0.25) is 0 Å². The van der Waals surface area contributed by atoms with E-state index in [0.717, 1.165) is 17.6 Å². The van der Waals surface area contributed by atoms with Crippen molar-refractivity contribution in [1.82, 2.24) is 0 Å². The zero-order valence-electron chi connectivity index (χ0n) is 14.5. The van der Waals surface area contributed by atoms with Gasteiger partial charge >= 0.3 is 0 Å². The number of ketones is 1. The third-order valence-electron chi connectivity index (χ3n) is 5.88. The van der Waals surface area contributed by atoms with Gasteiger partial charge in [0.1, 0.15) is 5.78 Å². The Morgan fingerprint density at radius 2 is 1.64 bits per heavy atom. The summed E-state index contributed by atoms with van der Waals surface area (Å²) in [7, 11) is 0. The first kappa shape index (κ1) is 15.8. The summed E-state index contributed by atoms with van der Waals surface area (Å²) < 4.78 is 0. The molecule has 0 N–H and O–H groups in total. The molecule has 0 radical (unpaired) electrons. The van der Waals surface area contributed by atoms with E-state index in [2.05, 4.69) is 68.1 Å². The molecule has 0 aliphatic heterocycles. The predicted octanol–water partition coefficient (Wildman–Crippen LogP) is 6.01. The average Bonchev–Trinajstić information content (AvgIpc) is 2.97.